The highest BCUT2D eigenvalue weighted by Gasteiger charge is 2.33. The van der Waals surface area contributed by atoms with E-state index in [1.807, 2.05) is 58.0 Å². The Morgan fingerprint density at radius 2 is 1.67 bits per heavy atom. The first-order valence-electron chi connectivity index (χ1n) is 7.96. The van der Waals surface area contributed by atoms with Gasteiger partial charge in [-0.2, -0.15) is 0 Å². The van der Waals surface area contributed by atoms with Crippen molar-refractivity contribution < 1.29 is 8.42 Å². The van der Waals surface area contributed by atoms with Gasteiger partial charge in [-0.3, -0.25) is 0 Å². The summed E-state index contributed by atoms with van der Waals surface area (Å²) in [5.74, 6) is 0.485. The van der Waals surface area contributed by atoms with Gasteiger partial charge in [0, 0.05) is 6.04 Å². The standard InChI is InChI=1S/C17H29NO2S/c1-5-14(4)13-21(19,20)16(6-2)17(18-7-3)15-11-9-8-10-12-15/h8-12,14,16-18H,5-7,13H2,1-4H3. The van der Waals surface area contributed by atoms with Crippen LogP contribution in [0.4, 0.5) is 0 Å². The van der Waals surface area contributed by atoms with E-state index >= 15 is 0 Å². The Morgan fingerprint density at radius 3 is 2.14 bits per heavy atom. The smallest absolute Gasteiger partial charge is 0.155 e. The summed E-state index contributed by atoms with van der Waals surface area (Å²) in [6, 6.07) is 9.78. The van der Waals surface area contributed by atoms with Gasteiger partial charge in [-0.25, -0.2) is 8.42 Å². The summed E-state index contributed by atoms with van der Waals surface area (Å²) in [6.07, 6.45) is 1.53. The molecule has 0 aliphatic rings. The van der Waals surface area contributed by atoms with E-state index in [0.717, 1.165) is 18.5 Å². The number of rotatable bonds is 9. The van der Waals surface area contributed by atoms with Gasteiger partial charge >= 0.3 is 0 Å². The maximum Gasteiger partial charge on any atom is 0.155 e. The highest BCUT2D eigenvalue weighted by Crippen LogP contribution is 2.26. The van der Waals surface area contributed by atoms with Crippen LogP contribution in [0.3, 0.4) is 0 Å². The Kier molecular flexibility index (Phi) is 7.40. The molecule has 3 atom stereocenters. The van der Waals surface area contributed by atoms with Crippen LogP contribution in [0.25, 0.3) is 0 Å². The van der Waals surface area contributed by atoms with Crippen molar-refractivity contribution in [1.82, 2.24) is 5.32 Å². The Hall–Kier alpha value is -0.870. The van der Waals surface area contributed by atoms with Crippen molar-refractivity contribution >= 4 is 9.84 Å². The third-order valence-corrected chi connectivity index (χ3v) is 6.59. The molecule has 0 aromatic heterocycles. The van der Waals surface area contributed by atoms with E-state index in [0.29, 0.717) is 6.42 Å². The first-order valence-corrected chi connectivity index (χ1v) is 9.67. The minimum absolute atomic E-state index is 0.129. The zero-order valence-corrected chi connectivity index (χ0v) is 14.5. The largest absolute Gasteiger partial charge is 0.309 e. The molecule has 1 aromatic rings. The second-order valence-electron chi connectivity index (χ2n) is 5.74. The molecule has 0 aliphatic carbocycles. The molecule has 0 saturated carbocycles. The number of benzene rings is 1. The minimum atomic E-state index is -3.12. The van der Waals surface area contributed by atoms with Gasteiger partial charge < -0.3 is 5.32 Å². The van der Waals surface area contributed by atoms with Crippen LogP contribution in [-0.4, -0.2) is 26.0 Å². The highest BCUT2D eigenvalue weighted by atomic mass is 32.2. The maximum absolute atomic E-state index is 12.8. The second kappa shape index (κ2) is 8.54. The topological polar surface area (TPSA) is 46.2 Å². The SMILES string of the molecule is CCNC(c1ccccc1)C(CC)S(=O)(=O)CC(C)CC. The van der Waals surface area contributed by atoms with Gasteiger partial charge in [-0.05, 0) is 24.4 Å². The quantitative estimate of drug-likeness (QED) is 0.758. The number of hydrogen-bond donors (Lipinski definition) is 1. The van der Waals surface area contributed by atoms with Gasteiger partial charge in [0.15, 0.2) is 9.84 Å². The van der Waals surface area contributed by atoms with Crippen LogP contribution >= 0.6 is 0 Å². The molecule has 0 fully saturated rings. The molecule has 0 bridgehead atoms. The van der Waals surface area contributed by atoms with Gasteiger partial charge in [0.25, 0.3) is 0 Å². The molecule has 120 valence electrons. The van der Waals surface area contributed by atoms with E-state index in [1.165, 1.54) is 0 Å². The average molecular weight is 311 g/mol. The molecule has 0 amide bonds. The van der Waals surface area contributed by atoms with Gasteiger partial charge in [-0.15, -0.1) is 0 Å². The summed E-state index contributed by atoms with van der Waals surface area (Å²) in [7, 11) is -3.12. The number of nitrogens with one attached hydrogen (secondary N) is 1. The predicted molar refractivity (Wildman–Crippen MR) is 90.2 cm³/mol. The molecule has 3 unspecified atom stereocenters. The maximum atomic E-state index is 12.8. The fourth-order valence-electron chi connectivity index (χ4n) is 2.68. The van der Waals surface area contributed by atoms with E-state index < -0.39 is 9.84 Å². The predicted octanol–water partition coefficient (Wildman–Crippen LogP) is 3.58. The molecule has 0 saturated heterocycles. The molecule has 0 heterocycles. The summed E-state index contributed by atoms with van der Waals surface area (Å²) in [5.41, 5.74) is 1.05. The van der Waals surface area contributed by atoms with Gasteiger partial charge in [0.05, 0.1) is 11.0 Å². The van der Waals surface area contributed by atoms with E-state index in [-0.39, 0.29) is 23.0 Å². The second-order valence-corrected chi connectivity index (χ2v) is 8.00. The van der Waals surface area contributed by atoms with E-state index in [1.54, 1.807) is 0 Å². The molecule has 0 radical (unpaired) electrons. The summed E-state index contributed by atoms with van der Waals surface area (Å²) in [5, 5.41) is 3.00. The molecule has 1 N–H and O–H groups in total. The van der Waals surface area contributed by atoms with Crippen LogP contribution in [0.2, 0.25) is 0 Å². The lowest BCUT2D eigenvalue weighted by atomic mass is 10.0. The van der Waals surface area contributed by atoms with Gasteiger partial charge in [0.2, 0.25) is 0 Å². The Morgan fingerprint density at radius 1 is 1.05 bits per heavy atom. The summed E-state index contributed by atoms with van der Waals surface area (Å²) >= 11 is 0. The van der Waals surface area contributed by atoms with Crippen LogP contribution in [0.1, 0.15) is 52.1 Å². The molecule has 21 heavy (non-hydrogen) atoms. The average Bonchev–Trinajstić information content (AvgIpc) is 2.47. The van der Waals surface area contributed by atoms with Crippen molar-refractivity contribution in [2.24, 2.45) is 5.92 Å². The van der Waals surface area contributed by atoms with E-state index in [2.05, 4.69) is 5.32 Å². The summed E-state index contributed by atoms with van der Waals surface area (Å²) < 4.78 is 25.6. The highest BCUT2D eigenvalue weighted by molar-refractivity contribution is 7.92. The van der Waals surface area contributed by atoms with Crippen molar-refractivity contribution in [3.63, 3.8) is 0 Å². The fourth-order valence-corrected chi connectivity index (χ4v) is 5.13. The molecule has 4 heteroatoms. The molecule has 1 rings (SSSR count). The van der Waals surface area contributed by atoms with Crippen molar-refractivity contribution in [2.45, 2.75) is 51.8 Å². The zero-order chi connectivity index (χ0) is 15.9. The first-order chi connectivity index (χ1) is 9.96. The van der Waals surface area contributed by atoms with Crippen molar-refractivity contribution in [3.8, 4) is 0 Å². The molecule has 0 spiro atoms. The first kappa shape index (κ1) is 18.2. The third-order valence-electron chi connectivity index (χ3n) is 4.03. The summed E-state index contributed by atoms with van der Waals surface area (Å²) in [6.45, 7) is 8.79. The number of hydrogen-bond acceptors (Lipinski definition) is 3. The van der Waals surface area contributed by atoms with Crippen LogP contribution < -0.4 is 5.32 Å². The Labute approximate surface area is 130 Å². The normalized spacial score (nSPS) is 16.4. The summed E-state index contributed by atoms with van der Waals surface area (Å²) in [4.78, 5) is 0. The van der Waals surface area contributed by atoms with Crippen molar-refractivity contribution in [1.29, 1.82) is 0 Å². The van der Waals surface area contributed by atoms with Crippen molar-refractivity contribution in [2.75, 3.05) is 12.3 Å². The lowest BCUT2D eigenvalue weighted by molar-refractivity contribution is 0.480. The van der Waals surface area contributed by atoms with Crippen molar-refractivity contribution in [3.05, 3.63) is 35.9 Å². The monoisotopic (exact) mass is 311 g/mol. The lowest BCUT2D eigenvalue weighted by Crippen LogP contribution is -2.39. The Balaban J connectivity index is 3.08. The van der Waals surface area contributed by atoms with Gasteiger partial charge in [-0.1, -0.05) is 64.4 Å². The van der Waals surface area contributed by atoms with Gasteiger partial charge in [0.1, 0.15) is 0 Å². The van der Waals surface area contributed by atoms with Crippen LogP contribution in [0.5, 0.6) is 0 Å². The molecule has 3 nitrogen and oxygen atoms in total. The molecule has 0 aliphatic heterocycles. The van der Waals surface area contributed by atoms with E-state index in [4.69, 9.17) is 0 Å². The van der Waals surface area contributed by atoms with Crippen LogP contribution in [0, 0.1) is 5.92 Å². The van der Waals surface area contributed by atoms with E-state index in [9.17, 15) is 8.42 Å². The molecule has 1 aromatic carbocycles. The molecular formula is C17H29NO2S. The van der Waals surface area contributed by atoms with Crippen LogP contribution in [0.15, 0.2) is 30.3 Å². The number of sulfone groups is 1. The fraction of sp³-hybridized carbons (Fsp3) is 0.647. The molecular weight excluding hydrogens is 282 g/mol. The Bertz CT molecular complexity index is 499. The minimum Gasteiger partial charge on any atom is -0.309 e. The lowest BCUT2D eigenvalue weighted by Gasteiger charge is -2.28. The zero-order valence-electron chi connectivity index (χ0n) is 13.7. The third kappa shape index (κ3) is 5.11. The van der Waals surface area contributed by atoms with Crippen LogP contribution in [-0.2, 0) is 9.84 Å².